The number of hydrogen-bond donors (Lipinski definition) is 1. The van der Waals surface area contributed by atoms with Crippen molar-refractivity contribution in [3.63, 3.8) is 0 Å². The highest BCUT2D eigenvalue weighted by Crippen LogP contribution is 2.35. The van der Waals surface area contributed by atoms with Gasteiger partial charge in [-0.25, -0.2) is 12.7 Å². The zero-order valence-electron chi connectivity index (χ0n) is 13.9. The molecule has 1 aliphatic heterocycles. The number of rotatable bonds is 8. The quantitative estimate of drug-likeness (QED) is 0.749. The smallest absolute Gasteiger partial charge is 0.211 e. The largest absolute Gasteiger partial charge is 0.313 e. The summed E-state index contributed by atoms with van der Waals surface area (Å²) in [6.45, 7) is 7.15. The molecule has 2 fully saturated rings. The fraction of sp³-hybridized carbons (Fsp3) is 1.00. The van der Waals surface area contributed by atoms with Crippen molar-refractivity contribution in [3.8, 4) is 0 Å². The Bertz CT molecular complexity index is 434. The Hall–Kier alpha value is -0.130. The number of piperidine rings is 1. The van der Waals surface area contributed by atoms with Crippen LogP contribution < -0.4 is 5.32 Å². The van der Waals surface area contributed by atoms with E-state index in [1.165, 1.54) is 38.4 Å². The van der Waals surface area contributed by atoms with Gasteiger partial charge >= 0.3 is 0 Å². The highest BCUT2D eigenvalue weighted by molar-refractivity contribution is 7.88. The first-order valence-electron chi connectivity index (χ1n) is 8.51. The van der Waals surface area contributed by atoms with Gasteiger partial charge in [-0.05, 0) is 49.9 Å². The van der Waals surface area contributed by atoms with E-state index >= 15 is 0 Å². The lowest BCUT2D eigenvalue weighted by Gasteiger charge is -2.38. The van der Waals surface area contributed by atoms with E-state index in [-0.39, 0.29) is 0 Å². The zero-order chi connectivity index (χ0) is 15.5. The molecule has 2 atom stereocenters. The van der Waals surface area contributed by atoms with Crippen molar-refractivity contribution < 1.29 is 8.42 Å². The third-order valence-electron chi connectivity index (χ3n) is 4.98. The van der Waals surface area contributed by atoms with E-state index in [9.17, 15) is 8.42 Å². The van der Waals surface area contributed by atoms with Crippen LogP contribution in [0.15, 0.2) is 0 Å². The monoisotopic (exact) mass is 316 g/mol. The van der Waals surface area contributed by atoms with Gasteiger partial charge in [-0.2, -0.15) is 0 Å². The first-order chi connectivity index (χ1) is 9.82. The lowest BCUT2D eigenvalue weighted by Crippen LogP contribution is -2.42. The Labute approximate surface area is 130 Å². The van der Waals surface area contributed by atoms with Gasteiger partial charge in [0, 0.05) is 25.7 Å². The summed E-state index contributed by atoms with van der Waals surface area (Å²) < 4.78 is 25.2. The van der Waals surface area contributed by atoms with E-state index in [2.05, 4.69) is 19.2 Å². The molecule has 124 valence electrons. The van der Waals surface area contributed by atoms with Gasteiger partial charge in [0.15, 0.2) is 0 Å². The van der Waals surface area contributed by atoms with Crippen molar-refractivity contribution in [1.82, 2.24) is 9.62 Å². The van der Waals surface area contributed by atoms with Crippen molar-refractivity contribution >= 4 is 10.0 Å². The molecule has 0 spiro atoms. The van der Waals surface area contributed by atoms with E-state index in [0.717, 1.165) is 32.0 Å². The van der Waals surface area contributed by atoms with Crippen LogP contribution in [0.2, 0.25) is 0 Å². The third-order valence-corrected chi connectivity index (χ3v) is 6.25. The van der Waals surface area contributed by atoms with Crippen LogP contribution in [-0.4, -0.2) is 44.7 Å². The Balaban J connectivity index is 1.91. The average Bonchev–Trinajstić information content (AvgIpc) is 3.20. The molecule has 0 radical (unpaired) electrons. The molecular weight excluding hydrogens is 284 g/mol. The summed E-state index contributed by atoms with van der Waals surface area (Å²) in [5, 5.41) is 3.68. The summed E-state index contributed by atoms with van der Waals surface area (Å²) in [7, 11) is -3.02. The van der Waals surface area contributed by atoms with Gasteiger partial charge < -0.3 is 5.32 Å². The fourth-order valence-electron chi connectivity index (χ4n) is 3.74. The molecule has 2 unspecified atom stereocenters. The molecule has 21 heavy (non-hydrogen) atoms. The highest BCUT2D eigenvalue weighted by atomic mass is 32.2. The van der Waals surface area contributed by atoms with Gasteiger partial charge in [-0.15, -0.1) is 0 Å². The number of nitrogens with one attached hydrogen (secondary N) is 1. The van der Waals surface area contributed by atoms with Crippen molar-refractivity contribution in [3.05, 3.63) is 0 Å². The normalized spacial score (nSPS) is 27.5. The molecule has 1 heterocycles. The molecule has 1 N–H and O–H groups in total. The first kappa shape index (κ1) is 17.2. The van der Waals surface area contributed by atoms with Gasteiger partial charge in [0.1, 0.15) is 0 Å². The molecule has 5 heteroatoms. The van der Waals surface area contributed by atoms with Crippen molar-refractivity contribution in [2.24, 2.45) is 11.3 Å². The molecule has 0 amide bonds. The minimum absolute atomic E-state index is 0.308. The predicted molar refractivity (Wildman–Crippen MR) is 87.8 cm³/mol. The van der Waals surface area contributed by atoms with Crippen LogP contribution in [0.25, 0.3) is 0 Å². The van der Waals surface area contributed by atoms with Gasteiger partial charge in [0.2, 0.25) is 10.0 Å². The van der Waals surface area contributed by atoms with Gasteiger partial charge in [0.25, 0.3) is 0 Å². The molecule has 0 bridgehead atoms. The van der Waals surface area contributed by atoms with E-state index in [0.29, 0.717) is 17.9 Å². The van der Waals surface area contributed by atoms with Crippen molar-refractivity contribution in [2.45, 2.75) is 64.8 Å². The van der Waals surface area contributed by atoms with E-state index < -0.39 is 10.0 Å². The fourth-order valence-corrected chi connectivity index (χ4v) is 4.68. The second kappa shape index (κ2) is 6.97. The highest BCUT2D eigenvalue weighted by Gasteiger charge is 2.33. The molecule has 2 aliphatic rings. The molecule has 1 aliphatic carbocycles. The second-order valence-electron chi connectivity index (χ2n) is 7.55. The topological polar surface area (TPSA) is 49.4 Å². The zero-order valence-corrected chi connectivity index (χ0v) is 14.7. The summed E-state index contributed by atoms with van der Waals surface area (Å²) >= 11 is 0. The van der Waals surface area contributed by atoms with Crippen molar-refractivity contribution in [1.29, 1.82) is 0 Å². The van der Waals surface area contributed by atoms with Crippen LogP contribution in [0.4, 0.5) is 0 Å². The number of sulfonamides is 1. The number of nitrogens with zero attached hydrogens (tertiary/aromatic N) is 1. The standard InChI is InChI=1S/C16H32N2O2S/c1-4-9-16(2,13-17-15-7-8-15)11-14-6-5-10-18(12-14)21(3,19)20/h14-15,17H,4-13H2,1-3H3. The molecule has 2 rings (SSSR count). The minimum Gasteiger partial charge on any atom is -0.313 e. The van der Waals surface area contributed by atoms with Crippen LogP contribution in [0.5, 0.6) is 0 Å². The summed E-state index contributed by atoms with van der Waals surface area (Å²) in [4.78, 5) is 0. The van der Waals surface area contributed by atoms with E-state index in [1.807, 2.05) is 0 Å². The molecule has 4 nitrogen and oxygen atoms in total. The SMILES string of the molecule is CCCC(C)(CNC1CC1)CC1CCCN(S(C)(=O)=O)C1. The lowest BCUT2D eigenvalue weighted by atomic mass is 9.75. The molecule has 1 saturated heterocycles. The van der Waals surface area contributed by atoms with Crippen molar-refractivity contribution in [2.75, 3.05) is 25.9 Å². The van der Waals surface area contributed by atoms with Gasteiger partial charge in [0.05, 0.1) is 6.26 Å². The molecule has 0 aromatic carbocycles. The average molecular weight is 317 g/mol. The maximum atomic E-state index is 11.8. The molecule has 1 saturated carbocycles. The Morgan fingerprint density at radius 3 is 2.57 bits per heavy atom. The number of hydrogen-bond acceptors (Lipinski definition) is 3. The van der Waals surface area contributed by atoms with E-state index in [1.54, 1.807) is 4.31 Å². The summed E-state index contributed by atoms with van der Waals surface area (Å²) in [6, 6.07) is 0.750. The minimum atomic E-state index is -3.02. The van der Waals surface area contributed by atoms with Crippen LogP contribution in [0.1, 0.15) is 58.8 Å². The Kier molecular flexibility index (Phi) is 5.71. The Morgan fingerprint density at radius 1 is 1.29 bits per heavy atom. The first-order valence-corrected chi connectivity index (χ1v) is 10.4. The van der Waals surface area contributed by atoms with Gasteiger partial charge in [-0.1, -0.05) is 20.3 Å². The van der Waals surface area contributed by atoms with Crippen LogP contribution in [0, 0.1) is 11.3 Å². The maximum Gasteiger partial charge on any atom is 0.211 e. The van der Waals surface area contributed by atoms with Crippen LogP contribution in [-0.2, 0) is 10.0 Å². The summed E-state index contributed by atoms with van der Waals surface area (Å²) in [5.41, 5.74) is 0.308. The predicted octanol–water partition coefficient (Wildman–Crippen LogP) is 2.61. The lowest BCUT2D eigenvalue weighted by molar-refractivity contribution is 0.162. The summed E-state index contributed by atoms with van der Waals surface area (Å²) in [5.74, 6) is 0.519. The summed E-state index contributed by atoms with van der Waals surface area (Å²) in [6.07, 6.45) is 9.75. The third kappa shape index (κ3) is 5.53. The Morgan fingerprint density at radius 2 is 2.00 bits per heavy atom. The molecule has 0 aromatic rings. The molecule has 0 aromatic heterocycles. The van der Waals surface area contributed by atoms with Crippen LogP contribution in [0.3, 0.4) is 0 Å². The molecular formula is C16H32N2O2S. The van der Waals surface area contributed by atoms with Gasteiger partial charge in [-0.3, -0.25) is 0 Å². The van der Waals surface area contributed by atoms with Crippen LogP contribution >= 0.6 is 0 Å². The second-order valence-corrected chi connectivity index (χ2v) is 9.53. The van der Waals surface area contributed by atoms with E-state index in [4.69, 9.17) is 0 Å². The maximum absolute atomic E-state index is 11.8.